The molecule has 0 aliphatic carbocycles. The summed E-state index contributed by atoms with van der Waals surface area (Å²) in [6, 6.07) is 7.23. The summed E-state index contributed by atoms with van der Waals surface area (Å²) in [5.41, 5.74) is 0.539. The van der Waals surface area contributed by atoms with Crippen molar-refractivity contribution in [2.24, 2.45) is 7.05 Å². The van der Waals surface area contributed by atoms with Crippen LogP contribution in [0.15, 0.2) is 53.7 Å². The van der Waals surface area contributed by atoms with Crippen LogP contribution in [0.3, 0.4) is 0 Å². The fourth-order valence-corrected chi connectivity index (χ4v) is 4.55. The Labute approximate surface area is 173 Å². The Morgan fingerprint density at radius 2 is 1.79 bits per heavy atom. The number of imidazole rings is 1. The maximum absolute atomic E-state index is 13.4. The minimum Gasteiger partial charge on any atom is -0.497 e. The number of nitrogens with one attached hydrogen (secondary N) is 1. The number of benzene rings is 2. The lowest BCUT2D eigenvalue weighted by molar-refractivity contribution is 0.392. The third-order valence-electron chi connectivity index (χ3n) is 4.28. The first kappa shape index (κ1) is 21.1. The second-order valence-electron chi connectivity index (χ2n) is 6.17. The van der Waals surface area contributed by atoms with Gasteiger partial charge in [0, 0.05) is 25.5 Å². The van der Waals surface area contributed by atoms with Gasteiger partial charge in [-0.15, -0.1) is 0 Å². The lowest BCUT2D eigenvalue weighted by Gasteiger charge is -2.21. The van der Waals surface area contributed by atoms with Gasteiger partial charge in [0.2, 0.25) is 10.0 Å². The van der Waals surface area contributed by atoms with Crippen LogP contribution in [0.2, 0.25) is 5.02 Å². The first-order valence-corrected chi connectivity index (χ1v) is 10.3. The van der Waals surface area contributed by atoms with Crippen LogP contribution in [0.4, 0.5) is 4.39 Å². The van der Waals surface area contributed by atoms with Gasteiger partial charge in [-0.05, 0) is 35.9 Å². The predicted octanol–water partition coefficient (Wildman–Crippen LogP) is 3.30. The molecule has 2 aromatic carbocycles. The van der Waals surface area contributed by atoms with Gasteiger partial charge in [-0.1, -0.05) is 11.6 Å². The Balaban J connectivity index is 2.12. The molecular weight excluding hydrogens is 421 g/mol. The Morgan fingerprint density at radius 3 is 2.31 bits per heavy atom. The first-order chi connectivity index (χ1) is 13.7. The Kier molecular flexibility index (Phi) is 6.11. The SMILES string of the molecule is COc1cc(OC)cc(C(NS(=O)(=O)c2ccc(F)cc2Cl)c2nccn2C)c1. The van der Waals surface area contributed by atoms with Gasteiger partial charge in [0.15, 0.2) is 0 Å². The molecule has 0 aliphatic heterocycles. The summed E-state index contributed by atoms with van der Waals surface area (Å²) in [7, 11) is 0.615. The molecule has 29 heavy (non-hydrogen) atoms. The van der Waals surface area contributed by atoms with Crippen molar-refractivity contribution in [2.45, 2.75) is 10.9 Å². The lowest BCUT2D eigenvalue weighted by Crippen LogP contribution is -2.31. The van der Waals surface area contributed by atoms with E-state index in [0.717, 1.165) is 18.2 Å². The Bertz CT molecular complexity index is 1110. The van der Waals surface area contributed by atoms with Crippen molar-refractivity contribution in [1.29, 1.82) is 0 Å². The molecule has 1 unspecified atom stereocenters. The Hall–Kier alpha value is -2.62. The molecule has 3 aromatic rings. The average Bonchev–Trinajstić information content (AvgIpc) is 3.11. The minimum absolute atomic E-state index is 0.223. The van der Waals surface area contributed by atoms with E-state index in [9.17, 15) is 12.8 Å². The summed E-state index contributed by atoms with van der Waals surface area (Å²) in [6.45, 7) is 0. The highest BCUT2D eigenvalue weighted by molar-refractivity contribution is 7.89. The van der Waals surface area contributed by atoms with Crippen LogP contribution in [0.25, 0.3) is 0 Å². The van der Waals surface area contributed by atoms with Gasteiger partial charge in [-0.25, -0.2) is 17.8 Å². The van der Waals surface area contributed by atoms with E-state index in [1.54, 1.807) is 42.2 Å². The normalized spacial score (nSPS) is 12.6. The molecule has 1 atom stereocenters. The molecule has 0 aliphatic rings. The summed E-state index contributed by atoms with van der Waals surface area (Å²) in [6.07, 6.45) is 3.25. The van der Waals surface area contributed by atoms with Crippen molar-refractivity contribution in [3.05, 3.63) is 71.0 Å². The number of methoxy groups -OCH3 is 2. The largest absolute Gasteiger partial charge is 0.497 e. The molecule has 0 spiro atoms. The quantitative estimate of drug-likeness (QED) is 0.610. The van der Waals surface area contributed by atoms with Gasteiger partial charge in [0.05, 0.1) is 19.2 Å². The molecule has 10 heteroatoms. The molecule has 1 heterocycles. The molecule has 1 aromatic heterocycles. The van der Waals surface area contributed by atoms with Gasteiger partial charge >= 0.3 is 0 Å². The third-order valence-corrected chi connectivity index (χ3v) is 6.19. The van der Waals surface area contributed by atoms with E-state index in [1.165, 1.54) is 14.2 Å². The average molecular weight is 440 g/mol. The molecule has 0 bridgehead atoms. The molecule has 7 nitrogen and oxygen atoms in total. The fourth-order valence-electron chi connectivity index (χ4n) is 2.83. The topological polar surface area (TPSA) is 82.4 Å². The van der Waals surface area contributed by atoms with Crippen LogP contribution in [-0.4, -0.2) is 32.2 Å². The van der Waals surface area contributed by atoms with E-state index < -0.39 is 21.9 Å². The zero-order valence-corrected chi connectivity index (χ0v) is 17.5. The van der Waals surface area contributed by atoms with Gasteiger partial charge in [-0.3, -0.25) is 0 Å². The van der Waals surface area contributed by atoms with Crippen LogP contribution >= 0.6 is 11.6 Å². The number of aryl methyl sites for hydroxylation is 1. The number of hydrogen-bond donors (Lipinski definition) is 1. The molecular formula is C19H19ClFN3O4S. The summed E-state index contributed by atoms with van der Waals surface area (Å²) >= 11 is 5.98. The van der Waals surface area contributed by atoms with E-state index in [2.05, 4.69) is 9.71 Å². The van der Waals surface area contributed by atoms with E-state index in [1.807, 2.05) is 0 Å². The van der Waals surface area contributed by atoms with Crippen molar-refractivity contribution in [3.8, 4) is 11.5 Å². The fraction of sp³-hybridized carbons (Fsp3) is 0.211. The molecule has 0 radical (unpaired) electrons. The number of ether oxygens (including phenoxy) is 2. The zero-order valence-electron chi connectivity index (χ0n) is 15.9. The van der Waals surface area contributed by atoms with Crippen LogP contribution in [0, 0.1) is 5.82 Å². The lowest BCUT2D eigenvalue weighted by atomic mass is 10.1. The number of rotatable bonds is 7. The van der Waals surface area contributed by atoms with E-state index in [4.69, 9.17) is 21.1 Å². The summed E-state index contributed by atoms with van der Waals surface area (Å²) in [5.74, 6) is 0.768. The van der Waals surface area contributed by atoms with Crippen LogP contribution in [0.1, 0.15) is 17.4 Å². The van der Waals surface area contributed by atoms with Gasteiger partial charge < -0.3 is 14.0 Å². The second-order valence-corrected chi connectivity index (χ2v) is 8.26. The van der Waals surface area contributed by atoms with Crippen molar-refractivity contribution in [2.75, 3.05) is 14.2 Å². The summed E-state index contributed by atoms with van der Waals surface area (Å²) in [4.78, 5) is 4.04. The highest BCUT2D eigenvalue weighted by atomic mass is 35.5. The molecule has 3 rings (SSSR count). The van der Waals surface area contributed by atoms with Crippen LogP contribution < -0.4 is 14.2 Å². The molecule has 0 saturated carbocycles. The van der Waals surface area contributed by atoms with Gasteiger partial charge in [-0.2, -0.15) is 4.72 Å². The van der Waals surface area contributed by atoms with E-state index in [0.29, 0.717) is 22.9 Å². The molecule has 0 amide bonds. The smallest absolute Gasteiger partial charge is 0.243 e. The molecule has 154 valence electrons. The highest BCUT2D eigenvalue weighted by Crippen LogP contribution is 2.31. The van der Waals surface area contributed by atoms with E-state index >= 15 is 0 Å². The van der Waals surface area contributed by atoms with Crippen molar-refractivity contribution in [1.82, 2.24) is 14.3 Å². The zero-order chi connectivity index (χ0) is 21.2. The third kappa shape index (κ3) is 4.52. The van der Waals surface area contributed by atoms with E-state index in [-0.39, 0.29) is 9.92 Å². The van der Waals surface area contributed by atoms with Crippen LogP contribution in [-0.2, 0) is 17.1 Å². The Morgan fingerprint density at radius 1 is 1.14 bits per heavy atom. The number of hydrogen-bond acceptors (Lipinski definition) is 5. The summed E-state index contributed by atoms with van der Waals surface area (Å²) in [5, 5.41) is -0.223. The van der Waals surface area contributed by atoms with Gasteiger partial charge in [0.25, 0.3) is 0 Å². The minimum atomic E-state index is -4.12. The van der Waals surface area contributed by atoms with Crippen LogP contribution in [0.5, 0.6) is 11.5 Å². The molecule has 0 fully saturated rings. The number of halogens is 2. The van der Waals surface area contributed by atoms with Gasteiger partial charge in [0.1, 0.15) is 34.1 Å². The first-order valence-electron chi connectivity index (χ1n) is 8.42. The number of aromatic nitrogens is 2. The number of nitrogens with zero attached hydrogens (tertiary/aromatic N) is 2. The predicted molar refractivity (Wildman–Crippen MR) is 106 cm³/mol. The standard InChI is InChI=1S/C19H19ClFN3O4S/c1-24-7-6-22-19(24)18(12-8-14(27-2)11-15(9-12)28-3)23-29(25,26)17-5-4-13(21)10-16(17)20/h4-11,18,23H,1-3H3. The van der Waals surface area contributed by atoms with Crippen molar-refractivity contribution < 1.29 is 22.3 Å². The maximum atomic E-state index is 13.4. The maximum Gasteiger partial charge on any atom is 0.243 e. The second kappa shape index (κ2) is 8.40. The highest BCUT2D eigenvalue weighted by Gasteiger charge is 2.28. The monoisotopic (exact) mass is 439 g/mol. The molecule has 0 saturated heterocycles. The summed E-state index contributed by atoms with van der Waals surface area (Å²) < 4.78 is 54.3. The molecule has 1 N–H and O–H groups in total. The van der Waals surface area contributed by atoms with Crippen molar-refractivity contribution >= 4 is 21.6 Å². The van der Waals surface area contributed by atoms with Crippen molar-refractivity contribution in [3.63, 3.8) is 0 Å². The number of sulfonamides is 1.